The Labute approximate surface area is 97.9 Å². The summed E-state index contributed by atoms with van der Waals surface area (Å²) in [7, 11) is 0. The summed E-state index contributed by atoms with van der Waals surface area (Å²) >= 11 is 3.41. The highest BCUT2D eigenvalue weighted by molar-refractivity contribution is 9.09. The van der Waals surface area contributed by atoms with E-state index in [1.165, 1.54) is 5.39 Å². The van der Waals surface area contributed by atoms with Crippen molar-refractivity contribution in [3.63, 3.8) is 0 Å². The lowest BCUT2D eigenvalue weighted by atomic mass is 10.3. The van der Waals surface area contributed by atoms with E-state index in [9.17, 15) is 0 Å². The molecule has 0 spiro atoms. The summed E-state index contributed by atoms with van der Waals surface area (Å²) < 4.78 is 1.85. The van der Waals surface area contributed by atoms with Gasteiger partial charge in [-0.3, -0.25) is 0 Å². The van der Waals surface area contributed by atoms with Crippen molar-refractivity contribution in [2.75, 3.05) is 11.9 Å². The summed E-state index contributed by atoms with van der Waals surface area (Å²) in [6.45, 7) is 0.768. The lowest BCUT2D eigenvalue weighted by Crippen LogP contribution is -2.11. The van der Waals surface area contributed by atoms with Gasteiger partial charge in [0.05, 0.1) is 5.52 Å². The Morgan fingerprint density at radius 3 is 2.87 bits per heavy atom. The quantitative estimate of drug-likeness (QED) is 0.599. The molecule has 0 saturated carbocycles. The molecule has 1 aromatic heterocycles. The van der Waals surface area contributed by atoms with Crippen LogP contribution in [0.2, 0.25) is 0 Å². The van der Waals surface area contributed by atoms with Crippen LogP contribution in [0.5, 0.6) is 0 Å². The molecule has 0 saturated heterocycles. The van der Waals surface area contributed by atoms with Gasteiger partial charge in [0.15, 0.2) is 0 Å². The summed E-state index contributed by atoms with van der Waals surface area (Å²) in [5.41, 5.74) is 1.14. The molecule has 2 aromatic rings. The van der Waals surface area contributed by atoms with Crippen molar-refractivity contribution < 1.29 is 4.84 Å². The first-order valence-electron chi connectivity index (χ1n) is 5.17. The molecule has 0 aliphatic heterocycles. The van der Waals surface area contributed by atoms with Gasteiger partial charge in [-0.05, 0) is 25.0 Å². The number of benzene rings is 1. The first kappa shape index (κ1) is 10.6. The van der Waals surface area contributed by atoms with Crippen LogP contribution in [0, 0.1) is 0 Å². The Balaban J connectivity index is 2.02. The van der Waals surface area contributed by atoms with Crippen LogP contribution in [-0.2, 0) is 0 Å². The SMILES string of the molecule is BrCCCCOn1ccc2ccccc21. The molecule has 0 atom stereocenters. The van der Waals surface area contributed by atoms with Gasteiger partial charge in [0, 0.05) is 16.9 Å². The predicted octanol–water partition coefficient (Wildman–Crippen LogP) is 3.25. The van der Waals surface area contributed by atoms with Crippen LogP contribution in [0.15, 0.2) is 36.5 Å². The van der Waals surface area contributed by atoms with Crippen LogP contribution in [0.1, 0.15) is 12.8 Å². The minimum Gasteiger partial charge on any atom is -0.414 e. The van der Waals surface area contributed by atoms with Gasteiger partial charge in [-0.25, -0.2) is 0 Å². The highest BCUT2D eigenvalue weighted by Crippen LogP contribution is 2.13. The first-order chi connectivity index (χ1) is 7.42. The second-order valence-electron chi connectivity index (χ2n) is 3.43. The maximum absolute atomic E-state index is 5.66. The Kier molecular flexibility index (Phi) is 3.67. The summed E-state index contributed by atoms with van der Waals surface area (Å²) in [5.74, 6) is 0. The number of fused-ring (bicyclic) bond motifs is 1. The van der Waals surface area contributed by atoms with E-state index >= 15 is 0 Å². The largest absolute Gasteiger partial charge is 0.414 e. The molecular weight excluding hydrogens is 254 g/mol. The molecule has 80 valence electrons. The molecule has 1 aromatic carbocycles. The third kappa shape index (κ3) is 2.53. The molecule has 0 amide bonds. The topological polar surface area (TPSA) is 14.2 Å². The monoisotopic (exact) mass is 267 g/mol. The number of para-hydroxylation sites is 1. The molecule has 1 heterocycles. The Hall–Kier alpha value is -0.960. The van der Waals surface area contributed by atoms with Crippen molar-refractivity contribution in [3.8, 4) is 0 Å². The Morgan fingerprint density at radius 2 is 2.00 bits per heavy atom. The molecule has 0 unspecified atom stereocenters. The second-order valence-corrected chi connectivity index (χ2v) is 4.22. The summed E-state index contributed by atoms with van der Waals surface area (Å²) in [6, 6.07) is 10.3. The van der Waals surface area contributed by atoms with Gasteiger partial charge in [-0.2, -0.15) is 4.73 Å². The predicted molar refractivity (Wildman–Crippen MR) is 66.4 cm³/mol. The van der Waals surface area contributed by atoms with Gasteiger partial charge in [-0.1, -0.05) is 34.1 Å². The summed E-state index contributed by atoms with van der Waals surface area (Å²) in [4.78, 5) is 5.66. The van der Waals surface area contributed by atoms with Gasteiger partial charge in [0.1, 0.15) is 6.61 Å². The zero-order valence-electron chi connectivity index (χ0n) is 8.53. The van der Waals surface area contributed by atoms with Crippen molar-refractivity contribution in [2.24, 2.45) is 0 Å². The zero-order chi connectivity index (χ0) is 10.5. The van der Waals surface area contributed by atoms with Gasteiger partial charge in [-0.15, -0.1) is 0 Å². The van der Waals surface area contributed by atoms with Crippen molar-refractivity contribution in [1.29, 1.82) is 0 Å². The average molecular weight is 268 g/mol. The molecule has 2 nitrogen and oxygen atoms in total. The van der Waals surface area contributed by atoms with Crippen LogP contribution in [-0.4, -0.2) is 16.7 Å². The van der Waals surface area contributed by atoms with Crippen molar-refractivity contribution in [1.82, 2.24) is 4.73 Å². The van der Waals surface area contributed by atoms with Crippen LogP contribution in [0.3, 0.4) is 0 Å². The molecule has 0 aliphatic rings. The first-order valence-corrected chi connectivity index (χ1v) is 6.29. The lowest BCUT2D eigenvalue weighted by molar-refractivity contribution is 0.118. The number of aromatic nitrogens is 1. The van der Waals surface area contributed by atoms with E-state index in [1.807, 2.05) is 23.1 Å². The fourth-order valence-corrected chi connectivity index (χ4v) is 1.93. The highest BCUT2D eigenvalue weighted by Gasteiger charge is 1.99. The molecule has 0 N–H and O–H groups in total. The number of unbranched alkanes of at least 4 members (excludes halogenated alkanes) is 1. The summed E-state index contributed by atoms with van der Waals surface area (Å²) in [6.07, 6.45) is 4.20. The van der Waals surface area contributed by atoms with E-state index in [-0.39, 0.29) is 0 Å². The third-order valence-electron chi connectivity index (χ3n) is 2.32. The lowest BCUT2D eigenvalue weighted by Gasteiger charge is -2.07. The fraction of sp³-hybridized carbons (Fsp3) is 0.333. The van der Waals surface area contributed by atoms with Gasteiger partial charge in [0.2, 0.25) is 0 Å². The van der Waals surface area contributed by atoms with E-state index in [1.54, 1.807) is 0 Å². The Morgan fingerprint density at radius 1 is 1.13 bits per heavy atom. The number of hydrogen-bond acceptors (Lipinski definition) is 1. The van der Waals surface area contributed by atoms with Crippen LogP contribution >= 0.6 is 15.9 Å². The van der Waals surface area contributed by atoms with Crippen LogP contribution in [0.25, 0.3) is 10.9 Å². The minimum absolute atomic E-state index is 0.768. The number of nitrogens with zero attached hydrogens (tertiary/aromatic N) is 1. The van der Waals surface area contributed by atoms with Crippen molar-refractivity contribution >= 4 is 26.8 Å². The number of halogens is 1. The van der Waals surface area contributed by atoms with E-state index in [2.05, 4.69) is 34.1 Å². The standard InChI is InChI=1S/C12H14BrNO/c13-8-3-4-10-15-14-9-7-11-5-1-2-6-12(11)14/h1-2,5-7,9H,3-4,8,10H2. The molecule has 3 heteroatoms. The normalized spacial score (nSPS) is 10.7. The zero-order valence-corrected chi connectivity index (χ0v) is 10.1. The van der Waals surface area contributed by atoms with E-state index in [0.29, 0.717) is 0 Å². The average Bonchev–Trinajstić information content (AvgIpc) is 2.68. The fourth-order valence-electron chi connectivity index (χ4n) is 1.53. The number of rotatable bonds is 5. The maximum Gasteiger partial charge on any atom is 0.115 e. The molecule has 0 fully saturated rings. The molecule has 15 heavy (non-hydrogen) atoms. The number of alkyl halides is 1. The van der Waals surface area contributed by atoms with Crippen LogP contribution < -0.4 is 4.84 Å². The molecule has 0 bridgehead atoms. The van der Waals surface area contributed by atoms with E-state index < -0.39 is 0 Å². The van der Waals surface area contributed by atoms with Crippen molar-refractivity contribution in [2.45, 2.75) is 12.8 Å². The minimum atomic E-state index is 0.768. The van der Waals surface area contributed by atoms with E-state index in [0.717, 1.165) is 30.3 Å². The van der Waals surface area contributed by atoms with Gasteiger partial charge < -0.3 is 4.84 Å². The molecular formula is C12H14BrNO. The second kappa shape index (κ2) is 5.21. The van der Waals surface area contributed by atoms with Crippen molar-refractivity contribution in [3.05, 3.63) is 36.5 Å². The highest BCUT2D eigenvalue weighted by atomic mass is 79.9. The maximum atomic E-state index is 5.66. The summed E-state index contributed by atoms with van der Waals surface area (Å²) in [5, 5.41) is 2.26. The van der Waals surface area contributed by atoms with Gasteiger partial charge in [0.25, 0.3) is 0 Å². The Bertz CT molecular complexity index is 424. The van der Waals surface area contributed by atoms with Crippen LogP contribution in [0.4, 0.5) is 0 Å². The smallest absolute Gasteiger partial charge is 0.115 e. The molecule has 0 aliphatic carbocycles. The molecule has 2 rings (SSSR count). The third-order valence-corrected chi connectivity index (χ3v) is 2.88. The molecule has 0 radical (unpaired) electrons. The van der Waals surface area contributed by atoms with E-state index in [4.69, 9.17) is 4.84 Å². The number of hydrogen-bond donors (Lipinski definition) is 0. The van der Waals surface area contributed by atoms with Gasteiger partial charge >= 0.3 is 0 Å².